The summed E-state index contributed by atoms with van der Waals surface area (Å²) in [5.74, 6) is -0.250. The molecular formula is C19H28O4. The van der Waals surface area contributed by atoms with Crippen molar-refractivity contribution in [2.45, 2.75) is 72.8 Å². The molecule has 0 aliphatic rings. The number of carbonyl (C=O) groups is 2. The first kappa shape index (κ1) is 19.2. The van der Waals surface area contributed by atoms with E-state index >= 15 is 0 Å². The van der Waals surface area contributed by atoms with Crippen LogP contribution in [0.5, 0.6) is 5.75 Å². The Morgan fingerprint density at radius 2 is 1.48 bits per heavy atom. The third-order valence-corrected chi connectivity index (χ3v) is 3.52. The van der Waals surface area contributed by atoms with E-state index in [4.69, 9.17) is 9.47 Å². The zero-order valence-corrected chi connectivity index (χ0v) is 15.5. The SMILES string of the molecule is CC(=O)OCc1cc(C(C)(C)C)cc(C(C)(C)C)c1OC(C)=O. The molecule has 0 aliphatic heterocycles. The van der Waals surface area contributed by atoms with E-state index in [0.717, 1.165) is 11.1 Å². The summed E-state index contributed by atoms with van der Waals surface area (Å²) in [6.07, 6.45) is 0. The lowest BCUT2D eigenvalue weighted by Gasteiger charge is -2.28. The van der Waals surface area contributed by atoms with Crippen LogP contribution < -0.4 is 4.74 Å². The molecule has 1 aromatic rings. The molecule has 0 aromatic heterocycles. The van der Waals surface area contributed by atoms with Gasteiger partial charge in [0, 0.05) is 25.0 Å². The molecule has 0 amide bonds. The fourth-order valence-electron chi connectivity index (χ4n) is 2.23. The lowest BCUT2D eigenvalue weighted by atomic mass is 9.79. The van der Waals surface area contributed by atoms with Crippen LogP contribution in [0.25, 0.3) is 0 Å². The van der Waals surface area contributed by atoms with Crippen molar-refractivity contribution >= 4 is 11.9 Å². The van der Waals surface area contributed by atoms with Crippen LogP contribution in [0, 0.1) is 0 Å². The van der Waals surface area contributed by atoms with E-state index < -0.39 is 0 Å². The van der Waals surface area contributed by atoms with Crippen LogP contribution in [-0.2, 0) is 31.8 Å². The van der Waals surface area contributed by atoms with Crippen LogP contribution in [0.15, 0.2) is 12.1 Å². The summed E-state index contributed by atoms with van der Waals surface area (Å²) < 4.78 is 10.6. The van der Waals surface area contributed by atoms with E-state index in [1.54, 1.807) is 0 Å². The Bertz CT molecular complexity index is 601. The molecule has 0 heterocycles. The van der Waals surface area contributed by atoms with Gasteiger partial charge in [-0.15, -0.1) is 0 Å². The Balaban J connectivity index is 3.59. The first-order chi connectivity index (χ1) is 10.3. The summed E-state index contributed by atoms with van der Waals surface area (Å²) in [4.78, 5) is 22.7. The van der Waals surface area contributed by atoms with E-state index in [1.807, 2.05) is 6.07 Å². The van der Waals surface area contributed by atoms with Gasteiger partial charge in [-0.3, -0.25) is 9.59 Å². The Labute approximate surface area is 139 Å². The highest BCUT2D eigenvalue weighted by Gasteiger charge is 2.27. The Morgan fingerprint density at radius 1 is 0.913 bits per heavy atom. The molecule has 23 heavy (non-hydrogen) atoms. The molecule has 0 radical (unpaired) electrons. The standard InChI is InChI=1S/C19H28O4/c1-12(20)22-11-14-9-15(18(3,4)5)10-16(19(6,7)8)17(14)23-13(2)21/h9-10H,11H2,1-8H3. The number of esters is 2. The fourth-order valence-corrected chi connectivity index (χ4v) is 2.23. The highest BCUT2D eigenvalue weighted by atomic mass is 16.5. The second-order valence-corrected chi connectivity index (χ2v) is 7.89. The fraction of sp³-hybridized carbons (Fsp3) is 0.579. The zero-order chi connectivity index (χ0) is 18.0. The average molecular weight is 320 g/mol. The minimum Gasteiger partial charge on any atom is -0.461 e. The molecule has 0 atom stereocenters. The van der Waals surface area contributed by atoms with Crippen LogP contribution in [0.4, 0.5) is 0 Å². The molecule has 0 N–H and O–H groups in total. The topological polar surface area (TPSA) is 52.6 Å². The van der Waals surface area contributed by atoms with Crippen molar-refractivity contribution in [3.8, 4) is 5.75 Å². The van der Waals surface area contributed by atoms with E-state index in [9.17, 15) is 9.59 Å². The maximum Gasteiger partial charge on any atom is 0.308 e. The van der Waals surface area contributed by atoms with Crippen LogP contribution in [0.1, 0.15) is 72.1 Å². The maximum atomic E-state index is 11.5. The molecule has 0 fully saturated rings. The predicted octanol–water partition coefficient (Wildman–Crippen LogP) is 4.27. The van der Waals surface area contributed by atoms with Crippen molar-refractivity contribution in [3.63, 3.8) is 0 Å². The van der Waals surface area contributed by atoms with Gasteiger partial charge in [0.2, 0.25) is 0 Å². The normalized spacial score (nSPS) is 12.0. The van der Waals surface area contributed by atoms with E-state index in [1.165, 1.54) is 13.8 Å². The molecule has 0 aliphatic carbocycles. The zero-order valence-electron chi connectivity index (χ0n) is 15.5. The van der Waals surface area contributed by atoms with E-state index in [2.05, 4.69) is 47.6 Å². The first-order valence-electron chi connectivity index (χ1n) is 7.82. The van der Waals surface area contributed by atoms with Crippen molar-refractivity contribution < 1.29 is 19.1 Å². The molecule has 4 nitrogen and oxygen atoms in total. The van der Waals surface area contributed by atoms with Gasteiger partial charge < -0.3 is 9.47 Å². The lowest BCUT2D eigenvalue weighted by molar-refractivity contribution is -0.142. The number of ether oxygens (including phenoxy) is 2. The van der Waals surface area contributed by atoms with Crippen molar-refractivity contribution in [3.05, 3.63) is 28.8 Å². The summed E-state index contributed by atoms with van der Waals surface area (Å²) >= 11 is 0. The third kappa shape index (κ3) is 5.38. The number of rotatable bonds is 3. The second-order valence-electron chi connectivity index (χ2n) is 7.89. The molecule has 1 rings (SSSR count). The van der Waals surface area contributed by atoms with Crippen molar-refractivity contribution in [1.29, 1.82) is 0 Å². The average Bonchev–Trinajstić information content (AvgIpc) is 2.33. The molecular weight excluding hydrogens is 292 g/mol. The lowest BCUT2D eigenvalue weighted by Crippen LogP contribution is -2.20. The van der Waals surface area contributed by atoms with Gasteiger partial charge in [-0.2, -0.15) is 0 Å². The quantitative estimate of drug-likeness (QED) is 0.616. The smallest absolute Gasteiger partial charge is 0.308 e. The minimum atomic E-state index is -0.386. The van der Waals surface area contributed by atoms with E-state index in [0.29, 0.717) is 11.3 Å². The van der Waals surface area contributed by atoms with Gasteiger partial charge in [0.1, 0.15) is 12.4 Å². The van der Waals surface area contributed by atoms with Gasteiger partial charge in [-0.05, 0) is 22.5 Å². The Hall–Kier alpha value is -1.84. The molecule has 1 aromatic carbocycles. The van der Waals surface area contributed by atoms with Gasteiger partial charge in [-0.25, -0.2) is 0 Å². The third-order valence-electron chi connectivity index (χ3n) is 3.52. The van der Waals surface area contributed by atoms with Gasteiger partial charge in [-0.1, -0.05) is 47.6 Å². The van der Waals surface area contributed by atoms with Crippen LogP contribution >= 0.6 is 0 Å². The van der Waals surface area contributed by atoms with Crippen molar-refractivity contribution in [2.24, 2.45) is 0 Å². The van der Waals surface area contributed by atoms with Crippen molar-refractivity contribution in [1.82, 2.24) is 0 Å². The predicted molar refractivity (Wildman–Crippen MR) is 90.6 cm³/mol. The van der Waals surface area contributed by atoms with E-state index in [-0.39, 0.29) is 29.4 Å². The van der Waals surface area contributed by atoms with Crippen LogP contribution in [0.3, 0.4) is 0 Å². The Kier molecular flexibility index (Phi) is 5.62. The molecule has 0 unspecified atom stereocenters. The molecule has 0 saturated carbocycles. The molecule has 0 bridgehead atoms. The molecule has 0 saturated heterocycles. The molecule has 0 spiro atoms. The van der Waals surface area contributed by atoms with Gasteiger partial charge in [0.25, 0.3) is 0 Å². The van der Waals surface area contributed by atoms with Crippen molar-refractivity contribution in [2.75, 3.05) is 0 Å². The number of benzene rings is 1. The largest absolute Gasteiger partial charge is 0.461 e. The Morgan fingerprint density at radius 3 is 1.87 bits per heavy atom. The van der Waals surface area contributed by atoms with Crippen LogP contribution in [0.2, 0.25) is 0 Å². The molecule has 128 valence electrons. The maximum absolute atomic E-state index is 11.5. The highest BCUT2D eigenvalue weighted by Crippen LogP contribution is 2.38. The number of carbonyl (C=O) groups excluding carboxylic acids is 2. The minimum absolute atomic E-state index is 0.0697. The first-order valence-corrected chi connectivity index (χ1v) is 7.82. The van der Waals surface area contributed by atoms with Crippen LogP contribution in [-0.4, -0.2) is 11.9 Å². The summed E-state index contributed by atoms with van der Waals surface area (Å²) in [6, 6.07) is 4.03. The van der Waals surface area contributed by atoms with Gasteiger partial charge >= 0.3 is 11.9 Å². The highest BCUT2D eigenvalue weighted by molar-refractivity contribution is 5.71. The van der Waals surface area contributed by atoms with Gasteiger partial charge in [0.15, 0.2) is 0 Å². The van der Waals surface area contributed by atoms with Gasteiger partial charge in [0.05, 0.1) is 0 Å². The summed E-state index contributed by atoms with van der Waals surface area (Å²) in [5, 5.41) is 0. The summed E-state index contributed by atoms with van der Waals surface area (Å²) in [7, 11) is 0. The summed E-state index contributed by atoms with van der Waals surface area (Å²) in [5.41, 5.74) is 2.48. The molecule has 4 heteroatoms. The monoisotopic (exact) mass is 320 g/mol. The number of hydrogen-bond donors (Lipinski definition) is 0. The second kappa shape index (κ2) is 6.73. The summed E-state index contributed by atoms with van der Waals surface area (Å²) in [6.45, 7) is 15.4. The number of hydrogen-bond acceptors (Lipinski definition) is 4.